The second kappa shape index (κ2) is 8.25. The number of aromatic nitrogens is 2. The van der Waals surface area contributed by atoms with Crippen LogP contribution in [0.1, 0.15) is 27.2 Å². The Morgan fingerprint density at radius 2 is 1.80 bits per heavy atom. The van der Waals surface area contributed by atoms with E-state index in [2.05, 4.69) is 10.4 Å². The van der Waals surface area contributed by atoms with Gasteiger partial charge in [-0.05, 0) is 29.7 Å². The van der Waals surface area contributed by atoms with Gasteiger partial charge in [0.1, 0.15) is 0 Å². The smallest absolute Gasteiger partial charge is 0.435 e. The summed E-state index contributed by atoms with van der Waals surface area (Å²) in [4.78, 5) is 26.3. The molecule has 162 valence electrons. The van der Waals surface area contributed by atoms with Crippen LogP contribution >= 0.6 is 0 Å². The predicted octanol–water partition coefficient (Wildman–Crippen LogP) is 1.77. The molecule has 0 saturated carbocycles. The maximum absolute atomic E-state index is 13.0. The number of hydrogen-bond donors (Lipinski definition) is 1. The van der Waals surface area contributed by atoms with E-state index in [4.69, 9.17) is 9.47 Å². The average molecular weight is 426 g/mol. The Kier molecular flexibility index (Phi) is 5.90. The minimum Gasteiger partial charge on any atom is -0.493 e. The van der Waals surface area contributed by atoms with E-state index in [1.165, 1.54) is 26.2 Å². The van der Waals surface area contributed by atoms with Gasteiger partial charge >= 0.3 is 6.18 Å². The molecule has 2 aromatic rings. The molecule has 1 aliphatic rings. The van der Waals surface area contributed by atoms with Crippen molar-refractivity contribution in [2.75, 3.05) is 27.3 Å². The fraction of sp³-hybridized carbons (Fsp3) is 0.421. The van der Waals surface area contributed by atoms with Crippen molar-refractivity contribution in [2.45, 2.75) is 19.1 Å². The van der Waals surface area contributed by atoms with Gasteiger partial charge in [0.05, 0.1) is 26.3 Å². The first-order valence-corrected chi connectivity index (χ1v) is 9.04. The second-order valence-corrected chi connectivity index (χ2v) is 6.79. The van der Waals surface area contributed by atoms with Crippen LogP contribution in [-0.4, -0.2) is 53.8 Å². The maximum Gasteiger partial charge on any atom is 0.435 e. The van der Waals surface area contributed by atoms with Crippen molar-refractivity contribution in [3.8, 4) is 11.5 Å². The molecule has 0 bridgehead atoms. The number of methoxy groups -OCH3 is 2. The van der Waals surface area contributed by atoms with Gasteiger partial charge in [-0.3, -0.25) is 14.3 Å². The lowest BCUT2D eigenvalue weighted by molar-refractivity contribution is -0.141. The zero-order chi connectivity index (χ0) is 22.1. The highest BCUT2D eigenvalue weighted by Crippen LogP contribution is 2.33. The van der Waals surface area contributed by atoms with Crippen molar-refractivity contribution in [1.29, 1.82) is 0 Å². The molecule has 1 aliphatic heterocycles. The van der Waals surface area contributed by atoms with Crippen LogP contribution < -0.4 is 14.8 Å². The molecule has 0 atom stereocenters. The van der Waals surface area contributed by atoms with Gasteiger partial charge in [0.25, 0.3) is 5.91 Å². The first-order chi connectivity index (χ1) is 14.1. The summed E-state index contributed by atoms with van der Waals surface area (Å²) in [7, 11) is 4.34. The molecule has 0 radical (unpaired) electrons. The number of nitrogens with one attached hydrogen (secondary N) is 1. The molecule has 1 N–H and O–H groups in total. The van der Waals surface area contributed by atoms with E-state index in [-0.39, 0.29) is 0 Å². The van der Waals surface area contributed by atoms with Crippen LogP contribution in [0.15, 0.2) is 18.3 Å². The number of hydrogen-bond acceptors (Lipinski definition) is 5. The molecule has 2 amide bonds. The standard InChI is InChI=1S/C19H21F3N4O4/c1-25-10-13(17(24-25)19(20,21)22)18(28)23-8-16(27)26-5-4-11-6-14(29-2)15(30-3)7-12(11)9-26/h6-7,10H,4-5,8-9H2,1-3H3,(H,23,28). The number of fused-ring (bicyclic) bond motifs is 1. The zero-order valence-electron chi connectivity index (χ0n) is 16.7. The Morgan fingerprint density at radius 3 is 2.40 bits per heavy atom. The normalized spacial score (nSPS) is 13.6. The second-order valence-electron chi connectivity index (χ2n) is 6.79. The highest BCUT2D eigenvalue weighted by Gasteiger charge is 2.39. The van der Waals surface area contributed by atoms with Crippen molar-refractivity contribution in [1.82, 2.24) is 20.0 Å². The molecule has 11 heteroatoms. The van der Waals surface area contributed by atoms with Gasteiger partial charge in [-0.1, -0.05) is 0 Å². The van der Waals surface area contributed by atoms with Crippen molar-refractivity contribution in [3.05, 3.63) is 40.7 Å². The Morgan fingerprint density at radius 1 is 1.17 bits per heavy atom. The van der Waals surface area contributed by atoms with Gasteiger partial charge in [0.15, 0.2) is 17.2 Å². The van der Waals surface area contributed by atoms with Crippen LogP contribution in [0.25, 0.3) is 0 Å². The molecule has 8 nitrogen and oxygen atoms in total. The van der Waals surface area contributed by atoms with Crippen LogP contribution in [0.2, 0.25) is 0 Å². The zero-order valence-corrected chi connectivity index (χ0v) is 16.7. The molecular formula is C19H21F3N4O4. The number of carbonyl (C=O) groups excluding carboxylic acids is 2. The number of nitrogens with zero attached hydrogens (tertiary/aromatic N) is 3. The number of ether oxygens (including phenoxy) is 2. The van der Waals surface area contributed by atoms with E-state index in [9.17, 15) is 22.8 Å². The molecule has 1 aromatic carbocycles. The molecule has 0 aliphatic carbocycles. The number of halogens is 3. The highest BCUT2D eigenvalue weighted by molar-refractivity contribution is 5.97. The van der Waals surface area contributed by atoms with E-state index in [1.54, 1.807) is 6.07 Å². The minimum absolute atomic E-state index is 0.297. The van der Waals surface area contributed by atoms with E-state index in [0.29, 0.717) is 31.0 Å². The van der Waals surface area contributed by atoms with Gasteiger partial charge in [0.2, 0.25) is 5.91 Å². The van der Waals surface area contributed by atoms with Crippen LogP contribution in [0.3, 0.4) is 0 Å². The first kappa shape index (κ1) is 21.5. The Labute approximate surface area is 170 Å². The highest BCUT2D eigenvalue weighted by atomic mass is 19.4. The number of carbonyl (C=O) groups is 2. The lowest BCUT2D eigenvalue weighted by atomic mass is 9.98. The molecule has 0 fully saturated rings. The summed E-state index contributed by atoms with van der Waals surface area (Å²) < 4.78 is 50.5. The molecule has 0 unspecified atom stereocenters. The molecule has 0 saturated heterocycles. The van der Waals surface area contributed by atoms with E-state index in [0.717, 1.165) is 22.0 Å². The van der Waals surface area contributed by atoms with E-state index < -0.39 is 35.8 Å². The number of aryl methyl sites for hydroxylation is 1. The van der Waals surface area contributed by atoms with Crippen LogP contribution in [0, 0.1) is 0 Å². The summed E-state index contributed by atoms with van der Waals surface area (Å²) >= 11 is 0. The minimum atomic E-state index is -4.77. The summed E-state index contributed by atoms with van der Waals surface area (Å²) in [6.07, 6.45) is -3.22. The number of amides is 2. The average Bonchev–Trinajstić information content (AvgIpc) is 3.12. The third kappa shape index (κ3) is 4.34. The van der Waals surface area contributed by atoms with Crippen molar-refractivity contribution >= 4 is 11.8 Å². The first-order valence-electron chi connectivity index (χ1n) is 9.04. The monoisotopic (exact) mass is 426 g/mol. The number of benzene rings is 1. The Balaban J connectivity index is 1.66. The third-order valence-corrected chi connectivity index (χ3v) is 4.81. The third-order valence-electron chi connectivity index (χ3n) is 4.81. The topological polar surface area (TPSA) is 85.7 Å². The van der Waals surface area contributed by atoms with Gasteiger partial charge in [0, 0.05) is 26.3 Å². The maximum atomic E-state index is 13.0. The SMILES string of the molecule is COc1cc2c(cc1OC)CN(C(=O)CNC(=O)c1cn(C)nc1C(F)(F)F)CC2. The Bertz CT molecular complexity index is 971. The van der Waals surface area contributed by atoms with E-state index in [1.807, 2.05) is 6.07 Å². The van der Waals surface area contributed by atoms with Gasteiger partial charge in [-0.2, -0.15) is 18.3 Å². The van der Waals surface area contributed by atoms with Gasteiger partial charge < -0.3 is 19.7 Å². The van der Waals surface area contributed by atoms with Gasteiger partial charge in [-0.15, -0.1) is 0 Å². The summed E-state index contributed by atoms with van der Waals surface area (Å²) in [6, 6.07) is 3.65. The predicted molar refractivity (Wildman–Crippen MR) is 99.2 cm³/mol. The fourth-order valence-electron chi connectivity index (χ4n) is 3.32. The molecule has 2 heterocycles. The summed E-state index contributed by atoms with van der Waals surface area (Å²) in [5, 5.41) is 5.55. The van der Waals surface area contributed by atoms with Crippen molar-refractivity contribution < 1.29 is 32.2 Å². The number of alkyl halides is 3. The molecular weight excluding hydrogens is 405 g/mol. The van der Waals surface area contributed by atoms with E-state index >= 15 is 0 Å². The van der Waals surface area contributed by atoms with Crippen molar-refractivity contribution in [3.63, 3.8) is 0 Å². The molecule has 0 spiro atoms. The lowest BCUT2D eigenvalue weighted by Crippen LogP contribution is -2.42. The summed E-state index contributed by atoms with van der Waals surface area (Å²) in [5.41, 5.74) is -0.0161. The van der Waals surface area contributed by atoms with Gasteiger partial charge in [-0.25, -0.2) is 0 Å². The fourth-order valence-corrected chi connectivity index (χ4v) is 3.32. The van der Waals surface area contributed by atoms with Crippen molar-refractivity contribution in [2.24, 2.45) is 7.05 Å². The largest absolute Gasteiger partial charge is 0.493 e. The lowest BCUT2D eigenvalue weighted by Gasteiger charge is -2.29. The molecule has 30 heavy (non-hydrogen) atoms. The van der Waals surface area contributed by atoms with Crippen LogP contribution in [-0.2, 0) is 31.0 Å². The molecule has 3 rings (SSSR count). The summed E-state index contributed by atoms with van der Waals surface area (Å²) in [6.45, 7) is 0.288. The van der Waals surface area contributed by atoms with Crippen LogP contribution in [0.4, 0.5) is 13.2 Å². The number of rotatable bonds is 5. The Hall–Kier alpha value is -3.24. The summed E-state index contributed by atoms with van der Waals surface area (Å²) in [5.74, 6) is -0.274. The quantitative estimate of drug-likeness (QED) is 0.788. The van der Waals surface area contributed by atoms with Crippen LogP contribution in [0.5, 0.6) is 11.5 Å². The molecule has 1 aromatic heterocycles.